The predicted octanol–water partition coefficient (Wildman–Crippen LogP) is 2.29. The molecule has 1 nitrogen and oxygen atoms in total. The normalized spacial score (nSPS) is 13.8. The molecule has 0 saturated heterocycles. The van der Waals surface area contributed by atoms with Crippen LogP contribution in [0.3, 0.4) is 0 Å². The van der Waals surface area contributed by atoms with Crippen molar-refractivity contribution in [2.45, 2.75) is 20.8 Å². The minimum Gasteiger partial charge on any atom is -0.300 e. The molecule has 0 radical (unpaired) electrons. The molecular formula is C8H15N. The fourth-order valence-electron chi connectivity index (χ4n) is 0.805. The largest absolute Gasteiger partial charge is 0.300 e. The summed E-state index contributed by atoms with van der Waals surface area (Å²) in [7, 11) is 1.80. The van der Waals surface area contributed by atoms with E-state index < -0.39 is 0 Å². The van der Waals surface area contributed by atoms with Crippen LogP contribution in [0.25, 0.3) is 0 Å². The van der Waals surface area contributed by atoms with Crippen molar-refractivity contribution in [3.63, 3.8) is 0 Å². The first-order valence-electron chi connectivity index (χ1n) is 3.19. The van der Waals surface area contributed by atoms with Crippen LogP contribution < -0.4 is 0 Å². The summed E-state index contributed by atoms with van der Waals surface area (Å²) in [6.07, 6.45) is 6.11. The zero-order valence-electron chi connectivity index (χ0n) is 6.68. The molecule has 0 N–H and O–H groups in total. The summed E-state index contributed by atoms with van der Waals surface area (Å²) in [5, 5.41) is 0. The van der Waals surface area contributed by atoms with E-state index in [0.29, 0.717) is 0 Å². The lowest BCUT2D eigenvalue weighted by Crippen LogP contribution is -2.07. The van der Waals surface area contributed by atoms with Crippen LogP contribution in [-0.4, -0.2) is 13.3 Å². The Morgan fingerprint density at radius 2 is 1.89 bits per heavy atom. The van der Waals surface area contributed by atoms with E-state index in [1.807, 2.05) is 19.2 Å². The van der Waals surface area contributed by atoms with Gasteiger partial charge in [0.1, 0.15) is 0 Å². The van der Waals surface area contributed by atoms with Crippen molar-refractivity contribution in [2.75, 3.05) is 7.05 Å². The molecule has 0 spiro atoms. The Kier molecular flexibility index (Phi) is 3.21. The van der Waals surface area contributed by atoms with Gasteiger partial charge in [0.2, 0.25) is 0 Å². The van der Waals surface area contributed by atoms with E-state index in [0.717, 1.165) is 0 Å². The second kappa shape index (κ2) is 3.44. The standard InChI is InChI=1S/C8H15N/c1-5-6-8(2,3)7-9-4/h5-7H,1-4H3/b6-5+,9-7?. The molecule has 0 aromatic heterocycles. The smallest absolute Gasteiger partial charge is 0.0273 e. The molecule has 0 bridgehead atoms. The monoisotopic (exact) mass is 125 g/mol. The highest BCUT2D eigenvalue weighted by molar-refractivity contribution is 5.67. The SMILES string of the molecule is C/C=C/C(C)(C)C=NC. The van der Waals surface area contributed by atoms with Crippen LogP contribution in [-0.2, 0) is 0 Å². The van der Waals surface area contributed by atoms with Crippen LogP contribution in [0.2, 0.25) is 0 Å². The highest BCUT2D eigenvalue weighted by Crippen LogP contribution is 2.12. The lowest BCUT2D eigenvalue weighted by atomic mass is 9.95. The third-order valence-corrected chi connectivity index (χ3v) is 1.06. The Morgan fingerprint density at radius 1 is 1.33 bits per heavy atom. The van der Waals surface area contributed by atoms with Gasteiger partial charge in [0.05, 0.1) is 0 Å². The summed E-state index contributed by atoms with van der Waals surface area (Å²) in [5.41, 5.74) is 0.128. The van der Waals surface area contributed by atoms with E-state index in [4.69, 9.17) is 0 Å². The van der Waals surface area contributed by atoms with Crippen molar-refractivity contribution in [3.05, 3.63) is 12.2 Å². The third kappa shape index (κ3) is 3.95. The second-order valence-electron chi connectivity index (χ2n) is 2.71. The van der Waals surface area contributed by atoms with Gasteiger partial charge in [-0.1, -0.05) is 26.0 Å². The Morgan fingerprint density at radius 3 is 2.22 bits per heavy atom. The van der Waals surface area contributed by atoms with Crippen LogP contribution >= 0.6 is 0 Å². The molecule has 0 aromatic rings. The van der Waals surface area contributed by atoms with Gasteiger partial charge in [-0.05, 0) is 6.92 Å². The summed E-state index contributed by atoms with van der Waals surface area (Å²) >= 11 is 0. The average molecular weight is 125 g/mol. The van der Waals surface area contributed by atoms with Crippen LogP contribution in [0.4, 0.5) is 0 Å². The summed E-state index contributed by atoms with van der Waals surface area (Å²) < 4.78 is 0. The van der Waals surface area contributed by atoms with E-state index in [-0.39, 0.29) is 5.41 Å². The molecule has 0 unspecified atom stereocenters. The average Bonchev–Trinajstić information content (AvgIpc) is 1.64. The van der Waals surface area contributed by atoms with Crippen LogP contribution in [0, 0.1) is 5.41 Å². The van der Waals surface area contributed by atoms with Crippen molar-refractivity contribution >= 4 is 6.21 Å². The second-order valence-corrected chi connectivity index (χ2v) is 2.71. The van der Waals surface area contributed by atoms with Gasteiger partial charge in [-0.25, -0.2) is 0 Å². The van der Waals surface area contributed by atoms with E-state index in [2.05, 4.69) is 24.9 Å². The number of hydrogen-bond acceptors (Lipinski definition) is 1. The first-order chi connectivity index (χ1) is 4.12. The quantitative estimate of drug-likeness (QED) is 0.396. The molecule has 0 saturated carbocycles. The van der Waals surface area contributed by atoms with Gasteiger partial charge in [-0.2, -0.15) is 0 Å². The summed E-state index contributed by atoms with van der Waals surface area (Å²) in [6, 6.07) is 0. The molecule has 9 heavy (non-hydrogen) atoms. The van der Waals surface area contributed by atoms with Crippen LogP contribution in [0.5, 0.6) is 0 Å². The third-order valence-electron chi connectivity index (χ3n) is 1.06. The maximum atomic E-state index is 3.95. The minimum atomic E-state index is 0.128. The van der Waals surface area contributed by atoms with Crippen LogP contribution in [0.15, 0.2) is 17.1 Å². The molecular weight excluding hydrogens is 110 g/mol. The van der Waals surface area contributed by atoms with E-state index in [9.17, 15) is 0 Å². The minimum absolute atomic E-state index is 0.128. The highest BCUT2D eigenvalue weighted by atomic mass is 14.6. The molecule has 0 rings (SSSR count). The molecule has 52 valence electrons. The Bertz CT molecular complexity index is 107. The number of allylic oxidation sites excluding steroid dienone is 2. The zero-order valence-corrected chi connectivity index (χ0v) is 6.68. The van der Waals surface area contributed by atoms with Gasteiger partial charge in [-0.3, -0.25) is 4.99 Å². The Labute approximate surface area is 57.5 Å². The number of hydrogen-bond donors (Lipinski definition) is 0. The molecule has 0 atom stereocenters. The number of aliphatic imine (C=N–C) groups is 1. The van der Waals surface area contributed by atoms with Crippen molar-refractivity contribution in [1.29, 1.82) is 0 Å². The molecule has 0 aliphatic carbocycles. The molecule has 1 heteroatoms. The van der Waals surface area contributed by atoms with Gasteiger partial charge < -0.3 is 0 Å². The van der Waals surface area contributed by atoms with E-state index in [1.54, 1.807) is 7.05 Å². The Balaban J connectivity index is 4.01. The van der Waals surface area contributed by atoms with Gasteiger partial charge in [0.25, 0.3) is 0 Å². The fourth-order valence-corrected chi connectivity index (χ4v) is 0.805. The number of nitrogens with zero attached hydrogens (tertiary/aromatic N) is 1. The Hall–Kier alpha value is -0.590. The highest BCUT2D eigenvalue weighted by Gasteiger charge is 2.07. The molecule has 0 aliphatic rings. The van der Waals surface area contributed by atoms with Crippen molar-refractivity contribution in [3.8, 4) is 0 Å². The first kappa shape index (κ1) is 8.41. The maximum absolute atomic E-state index is 3.95. The van der Waals surface area contributed by atoms with Crippen molar-refractivity contribution in [1.82, 2.24) is 0 Å². The van der Waals surface area contributed by atoms with Gasteiger partial charge >= 0.3 is 0 Å². The van der Waals surface area contributed by atoms with Crippen molar-refractivity contribution < 1.29 is 0 Å². The van der Waals surface area contributed by atoms with Gasteiger partial charge in [0.15, 0.2) is 0 Å². The molecule has 0 aromatic carbocycles. The summed E-state index contributed by atoms with van der Waals surface area (Å²) in [5.74, 6) is 0. The predicted molar refractivity (Wildman–Crippen MR) is 43.0 cm³/mol. The first-order valence-corrected chi connectivity index (χ1v) is 3.19. The maximum Gasteiger partial charge on any atom is 0.0273 e. The molecule has 0 aliphatic heterocycles. The molecule has 0 fully saturated rings. The molecule has 0 amide bonds. The zero-order chi connectivity index (χ0) is 7.33. The van der Waals surface area contributed by atoms with Crippen LogP contribution in [0.1, 0.15) is 20.8 Å². The van der Waals surface area contributed by atoms with Gasteiger partial charge in [0, 0.05) is 18.7 Å². The molecule has 0 heterocycles. The number of rotatable bonds is 2. The fraction of sp³-hybridized carbons (Fsp3) is 0.625. The lowest BCUT2D eigenvalue weighted by molar-refractivity contribution is 0.691. The van der Waals surface area contributed by atoms with E-state index in [1.165, 1.54) is 0 Å². The van der Waals surface area contributed by atoms with Crippen molar-refractivity contribution in [2.24, 2.45) is 10.4 Å². The topological polar surface area (TPSA) is 12.4 Å². The van der Waals surface area contributed by atoms with Gasteiger partial charge in [-0.15, -0.1) is 0 Å². The summed E-state index contributed by atoms with van der Waals surface area (Å²) in [6.45, 7) is 6.27. The lowest BCUT2D eigenvalue weighted by Gasteiger charge is -2.11. The van der Waals surface area contributed by atoms with E-state index >= 15 is 0 Å². The summed E-state index contributed by atoms with van der Waals surface area (Å²) in [4.78, 5) is 3.95.